The Kier molecular flexibility index (Phi) is 6.52. The Morgan fingerprint density at radius 2 is 2.22 bits per heavy atom. The van der Waals surface area contributed by atoms with Crippen LogP contribution in [-0.4, -0.2) is 88.6 Å². The molecule has 1 aliphatic rings. The predicted molar refractivity (Wildman–Crippen MR) is 99.2 cm³/mol. The molecule has 0 aromatic carbocycles. The summed E-state index contributed by atoms with van der Waals surface area (Å²) in [5, 5.41) is 20.6. The maximum absolute atomic E-state index is 12.1. The van der Waals surface area contributed by atoms with Gasteiger partial charge in [-0.15, -0.1) is 0 Å². The molecule has 0 spiro atoms. The van der Waals surface area contributed by atoms with Crippen LogP contribution < -0.4 is 10.1 Å². The number of nitrogens with zero attached hydrogens (tertiary/aromatic N) is 4. The van der Waals surface area contributed by atoms with Crippen LogP contribution in [0.2, 0.25) is 0 Å². The number of carbonyl (C=O) groups is 1. The van der Waals surface area contributed by atoms with Gasteiger partial charge in [0.15, 0.2) is 0 Å². The van der Waals surface area contributed by atoms with Crippen LogP contribution in [-0.2, 0) is 14.3 Å². The third kappa shape index (κ3) is 4.04. The minimum absolute atomic E-state index is 0.193. The van der Waals surface area contributed by atoms with Gasteiger partial charge in [0.05, 0.1) is 0 Å². The van der Waals surface area contributed by atoms with Crippen molar-refractivity contribution in [1.29, 1.82) is 0 Å². The summed E-state index contributed by atoms with van der Waals surface area (Å²) in [5.41, 5.74) is 6.47. The van der Waals surface area contributed by atoms with E-state index < -0.39 is 36.6 Å². The predicted octanol–water partition coefficient (Wildman–Crippen LogP) is -2.34. The van der Waals surface area contributed by atoms with Crippen molar-refractivity contribution >= 4 is 51.8 Å². The van der Waals surface area contributed by atoms with Gasteiger partial charge in [-0.05, 0) is 0 Å². The zero-order valence-electron chi connectivity index (χ0n) is 14.0. The van der Waals surface area contributed by atoms with E-state index in [4.69, 9.17) is 15.2 Å². The van der Waals surface area contributed by atoms with Gasteiger partial charge in [-0.1, -0.05) is 0 Å². The second kappa shape index (κ2) is 8.69. The molecule has 0 aliphatic carbocycles. The number of hydrogen-bond donors (Lipinski definition) is 5. The van der Waals surface area contributed by atoms with E-state index in [1.807, 2.05) is 0 Å². The molecule has 11 nitrogen and oxygen atoms in total. The molecule has 2 aromatic rings. The number of aliphatic hydroxyl groups excluding tert-OH is 2. The molecule has 5 atom stereocenters. The number of nitrogens with two attached hydrogens (primary N) is 1. The number of hydrogen-bond acceptors (Lipinski definition) is 11. The first-order valence-electron chi connectivity index (χ1n) is 8.09. The Hall–Kier alpha value is -1.47. The van der Waals surface area contributed by atoms with Crippen LogP contribution >= 0.6 is 12.6 Å². The topological polar surface area (TPSA) is 158 Å². The van der Waals surface area contributed by atoms with Gasteiger partial charge < -0.3 is 5.73 Å². The summed E-state index contributed by atoms with van der Waals surface area (Å²) < 4.78 is 15.2. The Bertz CT molecular complexity index is 809. The Morgan fingerprint density at radius 3 is 2.93 bits per heavy atom. The standard InChI is InChI=1S/C14H20N6O5SSe/c15-11-8-12(17-4-16-11)20(5-18-8)13-10(22)9(21)7(25-13)3-24-14(23)6(19-27)1-2-26/h4-7,9-10,13,19,21-22,26-27H,1-3H2,(H2,15,16,17)/t6-,7+,9+,10+,13+/m0/s1. The molecule has 27 heavy (non-hydrogen) atoms. The van der Waals surface area contributed by atoms with E-state index >= 15 is 0 Å². The van der Waals surface area contributed by atoms with E-state index in [0.29, 0.717) is 23.3 Å². The average Bonchev–Trinajstić information content (AvgIpc) is 3.21. The number of aromatic nitrogens is 4. The minimum atomic E-state index is -1.27. The third-order valence-electron chi connectivity index (χ3n) is 4.25. The first kappa shape index (κ1) is 20.3. The third-order valence-corrected chi connectivity index (χ3v) is 5.16. The molecule has 2 aromatic heterocycles. The van der Waals surface area contributed by atoms with Crippen molar-refractivity contribution in [3.63, 3.8) is 0 Å². The quantitative estimate of drug-likeness (QED) is 0.171. The molecule has 3 rings (SSSR count). The van der Waals surface area contributed by atoms with Crippen LogP contribution in [0.5, 0.6) is 0 Å². The first-order chi connectivity index (χ1) is 13.0. The number of thiol groups is 1. The Labute approximate surface area is 168 Å². The van der Waals surface area contributed by atoms with Crippen molar-refractivity contribution in [3.8, 4) is 0 Å². The molecule has 0 amide bonds. The van der Waals surface area contributed by atoms with Crippen molar-refractivity contribution in [2.45, 2.75) is 37.0 Å². The van der Waals surface area contributed by atoms with E-state index in [9.17, 15) is 15.0 Å². The number of fused-ring (bicyclic) bond motifs is 1. The number of ether oxygens (including phenoxy) is 2. The monoisotopic (exact) mass is 464 g/mol. The number of esters is 1. The molecule has 0 radical (unpaired) electrons. The van der Waals surface area contributed by atoms with Gasteiger partial charge in [0, 0.05) is 0 Å². The molecule has 1 fully saturated rings. The molecular weight excluding hydrogens is 443 g/mol. The molecule has 148 valence electrons. The normalized spacial score (nSPS) is 26.4. The van der Waals surface area contributed by atoms with Crippen molar-refractivity contribution in [2.24, 2.45) is 0 Å². The molecule has 5 N–H and O–H groups in total. The molecular formula is C14H20N6O5SSe. The van der Waals surface area contributed by atoms with Crippen molar-refractivity contribution in [2.75, 3.05) is 18.1 Å². The van der Waals surface area contributed by atoms with Crippen LogP contribution in [0, 0.1) is 0 Å². The van der Waals surface area contributed by atoms with E-state index in [1.165, 1.54) is 17.2 Å². The van der Waals surface area contributed by atoms with Crippen LogP contribution in [0.25, 0.3) is 11.2 Å². The second-order valence-corrected chi connectivity index (χ2v) is 6.94. The van der Waals surface area contributed by atoms with E-state index in [-0.39, 0.29) is 12.4 Å². The molecule has 0 saturated carbocycles. The van der Waals surface area contributed by atoms with Crippen LogP contribution in [0.4, 0.5) is 5.82 Å². The van der Waals surface area contributed by atoms with Gasteiger partial charge in [-0.3, -0.25) is 0 Å². The summed E-state index contributed by atoms with van der Waals surface area (Å²) in [6.45, 7) is -0.213. The van der Waals surface area contributed by atoms with Gasteiger partial charge in [0.25, 0.3) is 0 Å². The van der Waals surface area contributed by atoms with Gasteiger partial charge in [0.2, 0.25) is 0 Å². The number of aliphatic hydroxyl groups is 2. The summed E-state index contributed by atoms with van der Waals surface area (Å²) in [7, 11) is 0. The SMILES string of the molecule is Nc1ncnc2c1ncn2[C@@H]1O[C@H](COC(=O)[C@H](CCS)N[SeH])[C@@H](O)[C@H]1O. The van der Waals surface area contributed by atoms with E-state index in [2.05, 4.69) is 48.1 Å². The summed E-state index contributed by atoms with van der Waals surface area (Å²) in [5.74, 6) is 0.206. The Morgan fingerprint density at radius 1 is 1.44 bits per heavy atom. The number of nitrogens with one attached hydrogen (secondary N) is 1. The van der Waals surface area contributed by atoms with Crippen molar-refractivity contribution < 1.29 is 24.5 Å². The zero-order valence-corrected chi connectivity index (χ0v) is 16.8. The summed E-state index contributed by atoms with van der Waals surface area (Å²) >= 11 is 6.20. The molecule has 0 bridgehead atoms. The number of imidazole rings is 1. The van der Waals surface area contributed by atoms with E-state index in [0.717, 1.165) is 0 Å². The van der Waals surface area contributed by atoms with Gasteiger partial charge >= 0.3 is 157 Å². The summed E-state index contributed by atoms with van der Waals surface area (Å²) in [6.07, 6.45) is -1.25. The fraction of sp³-hybridized carbons (Fsp3) is 0.571. The fourth-order valence-electron chi connectivity index (χ4n) is 2.78. The number of nitrogen functional groups attached to an aromatic ring is 1. The zero-order chi connectivity index (χ0) is 19.6. The second-order valence-electron chi connectivity index (χ2n) is 5.95. The number of carbonyl (C=O) groups excluding carboxylic acids is 1. The van der Waals surface area contributed by atoms with E-state index in [1.54, 1.807) is 0 Å². The molecule has 3 heterocycles. The number of rotatable bonds is 7. The molecule has 1 saturated heterocycles. The maximum atomic E-state index is 12.1. The van der Waals surface area contributed by atoms with Crippen molar-refractivity contribution in [3.05, 3.63) is 12.7 Å². The molecule has 0 unspecified atom stereocenters. The number of anilines is 1. The average molecular weight is 463 g/mol. The summed E-state index contributed by atoms with van der Waals surface area (Å²) in [4.78, 5) is 24.1. The van der Waals surface area contributed by atoms with Crippen LogP contribution in [0.3, 0.4) is 0 Å². The molecule has 1 aliphatic heterocycles. The van der Waals surface area contributed by atoms with Crippen molar-refractivity contribution in [1.82, 2.24) is 23.9 Å². The van der Waals surface area contributed by atoms with Gasteiger partial charge in [-0.25, -0.2) is 4.98 Å². The first-order valence-corrected chi connectivity index (χ1v) is 9.66. The van der Waals surface area contributed by atoms with Crippen LogP contribution in [0.1, 0.15) is 12.6 Å². The summed E-state index contributed by atoms with van der Waals surface area (Å²) in [6, 6.07) is -0.529. The van der Waals surface area contributed by atoms with Gasteiger partial charge in [-0.2, -0.15) is 0 Å². The van der Waals surface area contributed by atoms with Gasteiger partial charge in [0.1, 0.15) is 0 Å². The fourth-order valence-corrected chi connectivity index (χ4v) is 3.53. The van der Waals surface area contributed by atoms with Crippen LogP contribution in [0.15, 0.2) is 12.7 Å². The molecule has 13 heteroatoms. The Balaban J connectivity index is 1.70.